The highest BCUT2D eigenvalue weighted by molar-refractivity contribution is 7.22. The molecule has 0 bridgehead atoms. The number of fused-ring (bicyclic) bond motifs is 1. The third kappa shape index (κ3) is 1.25. The van der Waals surface area contributed by atoms with Gasteiger partial charge in [-0.05, 0) is 12.1 Å². The highest BCUT2D eigenvalue weighted by atomic mass is 32.1. The quantitative estimate of drug-likeness (QED) is 0.611. The molecule has 72 valence electrons. The number of nitrogen functional groups attached to an aromatic ring is 2. The number of aromatic carboxylic acids is 1. The van der Waals surface area contributed by atoms with Crippen LogP contribution >= 0.6 is 11.3 Å². The number of nitrogens with two attached hydrogens (primary N) is 2. The van der Waals surface area contributed by atoms with Gasteiger partial charge >= 0.3 is 5.97 Å². The van der Waals surface area contributed by atoms with Crippen molar-refractivity contribution < 1.29 is 9.90 Å². The van der Waals surface area contributed by atoms with Crippen LogP contribution < -0.4 is 11.5 Å². The first-order valence-corrected chi connectivity index (χ1v) is 4.58. The number of carbonyl (C=O) groups is 1. The van der Waals surface area contributed by atoms with Crippen molar-refractivity contribution >= 4 is 38.3 Å². The van der Waals surface area contributed by atoms with Gasteiger partial charge in [0.25, 0.3) is 0 Å². The Morgan fingerprint density at radius 2 is 2.14 bits per heavy atom. The average Bonchev–Trinajstić information content (AvgIpc) is 2.42. The van der Waals surface area contributed by atoms with E-state index < -0.39 is 5.97 Å². The van der Waals surface area contributed by atoms with Gasteiger partial charge in [0, 0.05) is 5.69 Å². The van der Waals surface area contributed by atoms with Crippen molar-refractivity contribution in [3.8, 4) is 0 Å². The number of nitrogens with zero attached hydrogens (tertiary/aromatic N) is 1. The fraction of sp³-hybridized carbons (Fsp3) is 0. The zero-order chi connectivity index (χ0) is 10.3. The molecular formula is C8H7N3O2S. The van der Waals surface area contributed by atoms with Crippen LogP contribution in [0.25, 0.3) is 10.2 Å². The monoisotopic (exact) mass is 209 g/mol. The van der Waals surface area contributed by atoms with E-state index in [1.54, 1.807) is 6.07 Å². The molecule has 2 aromatic rings. The molecule has 0 saturated heterocycles. The Morgan fingerprint density at radius 3 is 2.79 bits per heavy atom. The lowest BCUT2D eigenvalue weighted by molar-refractivity contribution is 0.0698. The molecule has 0 aliphatic heterocycles. The Balaban J connectivity index is 2.76. The van der Waals surface area contributed by atoms with E-state index in [1.807, 2.05) is 0 Å². The molecule has 14 heavy (non-hydrogen) atoms. The number of rotatable bonds is 1. The summed E-state index contributed by atoms with van der Waals surface area (Å²) in [5.74, 6) is -1.06. The van der Waals surface area contributed by atoms with Crippen molar-refractivity contribution in [2.24, 2.45) is 0 Å². The molecule has 5 nitrogen and oxygen atoms in total. The van der Waals surface area contributed by atoms with Gasteiger partial charge in [-0.2, -0.15) is 0 Å². The zero-order valence-electron chi connectivity index (χ0n) is 7.02. The molecule has 0 amide bonds. The van der Waals surface area contributed by atoms with E-state index in [0.29, 0.717) is 10.6 Å². The predicted octanol–water partition coefficient (Wildman–Crippen LogP) is 1.16. The first-order valence-electron chi connectivity index (χ1n) is 3.77. The van der Waals surface area contributed by atoms with Gasteiger partial charge in [-0.25, -0.2) is 9.78 Å². The van der Waals surface area contributed by atoms with Crippen molar-refractivity contribution in [1.82, 2.24) is 4.98 Å². The summed E-state index contributed by atoms with van der Waals surface area (Å²) in [4.78, 5) is 14.7. The molecule has 0 aliphatic rings. The molecule has 5 N–H and O–H groups in total. The number of carboxylic acid groups (broad SMARTS) is 1. The van der Waals surface area contributed by atoms with Crippen molar-refractivity contribution in [2.75, 3.05) is 11.5 Å². The van der Waals surface area contributed by atoms with Crippen LogP contribution in [0.2, 0.25) is 0 Å². The number of anilines is 2. The Bertz CT molecular complexity index is 521. The number of hydrogen-bond donors (Lipinski definition) is 3. The number of aromatic nitrogens is 1. The molecule has 0 unspecified atom stereocenters. The Kier molecular flexibility index (Phi) is 1.78. The minimum atomic E-state index is -1.06. The third-order valence-corrected chi connectivity index (χ3v) is 2.65. The molecule has 6 heteroatoms. The Morgan fingerprint density at radius 1 is 1.43 bits per heavy atom. The van der Waals surface area contributed by atoms with E-state index in [0.717, 1.165) is 4.70 Å². The van der Waals surface area contributed by atoms with Crippen LogP contribution in [0.15, 0.2) is 12.1 Å². The maximum Gasteiger partial charge on any atom is 0.337 e. The minimum absolute atomic E-state index is 0.0581. The zero-order valence-corrected chi connectivity index (χ0v) is 7.84. The highest BCUT2D eigenvalue weighted by Crippen LogP contribution is 2.27. The summed E-state index contributed by atoms with van der Waals surface area (Å²) in [6, 6.07) is 3.01. The van der Waals surface area contributed by atoms with E-state index >= 15 is 0 Å². The lowest BCUT2D eigenvalue weighted by Crippen LogP contribution is -2.01. The number of benzene rings is 1. The van der Waals surface area contributed by atoms with Crippen molar-refractivity contribution in [3.63, 3.8) is 0 Å². The minimum Gasteiger partial charge on any atom is -0.478 e. The Hall–Kier alpha value is -1.82. The summed E-state index contributed by atoms with van der Waals surface area (Å²) in [5, 5.41) is 9.20. The molecule has 0 saturated carbocycles. The van der Waals surface area contributed by atoms with Gasteiger partial charge in [0.2, 0.25) is 0 Å². The van der Waals surface area contributed by atoms with Gasteiger partial charge in [0.15, 0.2) is 5.13 Å². The smallest absolute Gasteiger partial charge is 0.337 e. The molecule has 0 spiro atoms. The van der Waals surface area contributed by atoms with Gasteiger partial charge in [0.05, 0.1) is 15.8 Å². The highest BCUT2D eigenvalue weighted by Gasteiger charge is 2.11. The van der Waals surface area contributed by atoms with E-state index in [9.17, 15) is 4.79 Å². The fourth-order valence-corrected chi connectivity index (χ4v) is 1.96. The van der Waals surface area contributed by atoms with E-state index in [2.05, 4.69) is 4.98 Å². The second-order valence-electron chi connectivity index (χ2n) is 2.76. The standard InChI is InChI=1S/C8H7N3O2S/c9-4-2-6-5(11-8(10)14-6)1-3(4)7(12)13/h1-2H,9H2,(H2,10,11)(H,12,13). The summed E-state index contributed by atoms with van der Waals surface area (Å²) in [5.41, 5.74) is 11.9. The first kappa shape index (κ1) is 8.76. The maximum atomic E-state index is 10.7. The summed E-state index contributed by atoms with van der Waals surface area (Å²) < 4.78 is 0.796. The summed E-state index contributed by atoms with van der Waals surface area (Å²) in [6.45, 7) is 0. The summed E-state index contributed by atoms with van der Waals surface area (Å²) >= 11 is 1.28. The van der Waals surface area contributed by atoms with Crippen molar-refractivity contribution in [1.29, 1.82) is 0 Å². The van der Waals surface area contributed by atoms with Crippen LogP contribution in [0.3, 0.4) is 0 Å². The van der Waals surface area contributed by atoms with Crippen LogP contribution in [0.4, 0.5) is 10.8 Å². The van der Waals surface area contributed by atoms with Crippen LogP contribution in [0, 0.1) is 0 Å². The molecule has 1 aromatic heterocycles. The average molecular weight is 209 g/mol. The van der Waals surface area contributed by atoms with Gasteiger partial charge in [0.1, 0.15) is 0 Å². The molecule has 0 aliphatic carbocycles. The van der Waals surface area contributed by atoms with E-state index in [-0.39, 0.29) is 11.3 Å². The van der Waals surface area contributed by atoms with Crippen molar-refractivity contribution in [2.45, 2.75) is 0 Å². The number of hydrogen-bond acceptors (Lipinski definition) is 5. The van der Waals surface area contributed by atoms with E-state index in [1.165, 1.54) is 17.4 Å². The molecule has 2 rings (SSSR count). The van der Waals surface area contributed by atoms with E-state index in [4.69, 9.17) is 16.6 Å². The molecule has 1 aromatic carbocycles. The fourth-order valence-electron chi connectivity index (χ4n) is 1.19. The van der Waals surface area contributed by atoms with Crippen LogP contribution in [0.5, 0.6) is 0 Å². The van der Waals surface area contributed by atoms with Crippen molar-refractivity contribution in [3.05, 3.63) is 17.7 Å². The normalized spacial score (nSPS) is 10.6. The third-order valence-electron chi connectivity index (χ3n) is 1.81. The van der Waals surface area contributed by atoms with Gasteiger partial charge in [-0.3, -0.25) is 0 Å². The van der Waals surface area contributed by atoms with Gasteiger partial charge < -0.3 is 16.6 Å². The Labute approximate surface area is 83.0 Å². The largest absolute Gasteiger partial charge is 0.478 e. The molecule has 0 radical (unpaired) electrons. The second kappa shape index (κ2) is 2.85. The van der Waals surface area contributed by atoms with Crippen LogP contribution in [-0.4, -0.2) is 16.1 Å². The number of thiazole rings is 1. The SMILES string of the molecule is Nc1nc2cc(C(=O)O)c(N)cc2s1. The number of carboxylic acids is 1. The molecule has 0 fully saturated rings. The van der Waals surface area contributed by atoms with Gasteiger partial charge in [-0.1, -0.05) is 11.3 Å². The second-order valence-corrected chi connectivity index (χ2v) is 3.83. The lowest BCUT2D eigenvalue weighted by Gasteiger charge is -1.98. The van der Waals surface area contributed by atoms with Crippen LogP contribution in [0.1, 0.15) is 10.4 Å². The summed E-state index contributed by atoms with van der Waals surface area (Å²) in [7, 11) is 0. The molecule has 0 atom stereocenters. The predicted molar refractivity (Wildman–Crippen MR) is 55.4 cm³/mol. The summed E-state index contributed by atoms with van der Waals surface area (Å²) in [6.07, 6.45) is 0. The lowest BCUT2D eigenvalue weighted by atomic mass is 10.2. The molecule has 1 heterocycles. The van der Waals surface area contributed by atoms with Gasteiger partial charge in [-0.15, -0.1) is 0 Å². The topological polar surface area (TPSA) is 102 Å². The van der Waals surface area contributed by atoms with Crippen LogP contribution in [-0.2, 0) is 0 Å². The maximum absolute atomic E-state index is 10.7. The molecular weight excluding hydrogens is 202 g/mol. The first-order chi connectivity index (χ1) is 6.58.